The molecule has 0 spiro atoms. The molecule has 0 saturated carbocycles. The molecule has 2 rings (SSSR count). The van der Waals surface area contributed by atoms with Crippen LogP contribution in [0.2, 0.25) is 0 Å². The lowest BCUT2D eigenvalue weighted by atomic mass is 10.1. The molecule has 0 unspecified atom stereocenters. The third-order valence-electron chi connectivity index (χ3n) is 2.49. The molecule has 0 saturated heterocycles. The number of carboxylic acid groups (broad SMARTS) is 1. The highest BCUT2D eigenvalue weighted by molar-refractivity contribution is 5.67. The molecule has 0 aliphatic heterocycles. The van der Waals surface area contributed by atoms with E-state index in [1.165, 1.54) is 0 Å². The molecule has 2 aromatic rings. The van der Waals surface area contributed by atoms with Crippen molar-refractivity contribution in [3.63, 3.8) is 0 Å². The van der Waals surface area contributed by atoms with Gasteiger partial charge in [0.1, 0.15) is 5.82 Å². The first kappa shape index (κ1) is 11.3. The van der Waals surface area contributed by atoms with Crippen molar-refractivity contribution in [1.29, 1.82) is 0 Å². The average molecular weight is 231 g/mol. The quantitative estimate of drug-likeness (QED) is 0.840. The maximum atomic E-state index is 10.4. The summed E-state index contributed by atoms with van der Waals surface area (Å²) in [5.41, 5.74) is 2.06. The average Bonchev–Trinajstić information content (AvgIpc) is 2.75. The predicted molar refractivity (Wildman–Crippen MR) is 62.5 cm³/mol. The van der Waals surface area contributed by atoms with Gasteiger partial charge in [-0.15, -0.1) is 0 Å². The zero-order valence-corrected chi connectivity index (χ0v) is 9.47. The molecule has 88 valence electrons. The molecule has 0 radical (unpaired) electrons. The summed E-state index contributed by atoms with van der Waals surface area (Å²) >= 11 is 0. The van der Waals surface area contributed by atoms with E-state index < -0.39 is 5.97 Å². The molecule has 0 aliphatic rings. The number of hydrogen-bond acceptors (Lipinski definition) is 3. The summed E-state index contributed by atoms with van der Waals surface area (Å²) in [6, 6.07) is 7.81. The molecule has 0 bridgehead atoms. The van der Waals surface area contributed by atoms with Gasteiger partial charge < -0.3 is 5.11 Å². The first-order chi connectivity index (χ1) is 8.16. The Balaban J connectivity index is 2.18. The Kier molecular flexibility index (Phi) is 3.18. The third kappa shape index (κ3) is 2.69. The van der Waals surface area contributed by atoms with Crippen LogP contribution in [0.3, 0.4) is 0 Å². The summed E-state index contributed by atoms with van der Waals surface area (Å²) in [6.45, 7) is 1.99. The van der Waals surface area contributed by atoms with Gasteiger partial charge in [-0.25, -0.2) is 4.98 Å². The van der Waals surface area contributed by atoms with Gasteiger partial charge in [0.25, 0.3) is 0 Å². The first-order valence-corrected chi connectivity index (χ1v) is 5.36. The van der Waals surface area contributed by atoms with Gasteiger partial charge in [0.05, 0.1) is 6.42 Å². The van der Waals surface area contributed by atoms with Gasteiger partial charge in [0.15, 0.2) is 5.82 Å². The second-order valence-electron chi connectivity index (χ2n) is 3.81. The van der Waals surface area contributed by atoms with E-state index in [2.05, 4.69) is 15.2 Å². The van der Waals surface area contributed by atoms with Gasteiger partial charge in [-0.05, 0) is 12.5 Å². The van der Waals surface area contributed by atoms with Crippen molar-refractivity contribution in [3.05, 3.63) is 35.7 Å². The molecule has 5 nitrogen and oxygen atoms in total. The van der Waals surface area contributed by atoms with Gasteiger partial charge in [-0.3, -0.25) is 9.89 Å². The van der Waals surface area contributed by atoms with E-state index in [-0.39, 0.29) is 6.42 Å². The molecule has 17 heavy (non-hydrogen) atoms. The Morgan fingerprint density at radius 3 is 2.88 bits per heavy atom. The minimum atomic E-state index is -0.834. The van der Waals surface area contributed by atoms with Crippen LogP contribution in [0.4, 0.5) is 0 Å². The Morgan fingerprint density at radius 2 is 2.18 bits per heavy atom. The van der Waals surface area contributed by atoms with Gasteiger partial charge >= 0.3 is 5.97 Å². The number of carbonyl (C=O) groups is 1. The van der Waals surface area contributed by atoms with Crippen LogP contribution < -0.4 is 0 Å². The van der Waals surface area contributed by atoms with E-state index in [0.29, 0.717) is 18.1 Å². The van der Waals surface area contributed by atoms with E-state index >= 15 is 0 Å². The summed E-state index contributed by atoms with van der Waals surface area (Å²) in [5, 5.41) is 15.4. The summed E-state index contributed by atoms with van der Waals surface area (Å²) < 4.78 is 0. The normalized spacial score (nSPS) is 10.4. The number of carboxylic acids is 1. The van der Waals surface area contributed by atoms with Crippen LogP contribution in [-0.2, 0) is 11.2 Å². The van der Waals surface area contributed by atoms with Crippen molar-refractivity contribution < 1.29 is 9.90 Å². The highest BCUT2D eigenvalue weighted by Crippen LogP contribution is 2.18. The van der Waals surface area contributed by atoms with Gasteiger partial charge in [0.2, 0.25) is 0 Å². The fraction of sp³-hybridized carbons (Fsp3) is 0.250. The largest absolute Gasteiger partial charge is 0.481 e. The predicted octanol–water partition coefficient (Wildman–Crippen LogP) is 1.80. The monoisotopic (exact) mass is 231 g/mol. The molecule has 0 atom stereocenters. The van der Waals surface area contributed by atoms with Crippen molar-refractivity contribution in [2.24, 2.45) is 0 Å². The summed E-state index contributed by atoms with van der Waals surface area (Å²) in [5.74, 6) is 0.382. The van der Waals surface area contributed by atoms with Gasteiger partial charge in [-0.2, -0.15) is 5.10 Å². The number of rotatable bonds is 4. The number of aryl methyl sites for hydroxylation is 2. The Labute approximate surface area is 98.5 Å². The van der Waals surface area contributed by atoms with E-state index in [1.54, 1.807) is 0 Å². The molecule has 0 fully saturated rings. The zero-order chi connectivity index (χ0) is 12.3. The highest BCUT2D eigenvalue weighted by Gasteiger charge is 2.08. The molecule has 0 amide bonds. The molecule has 1 aromatic carbocycles. The van der Waals surface area contributed by atoms with Crippen LogP contribution in [-0.4, -0.2) is 26.3 Å². The smallest absolute Gasteiger partial charge is 0.303 e. The molecule has 1 aromatic heterocycles. The zero-order valence-electron chi connectivity index (χ0n) is 9.47. The Morgan fingerprint density at radius 1 is 1.41 bits per heavy atom. The summed E-state index contributed by atoms with van der Waals surface area (Å²) in [6.07, 6.45) is 0.427. The van der Waals surface area contributed by atoms with E-state index in [0.717, 1.165) is 11.1 Å². The van der Waals surface area contributed by atoms with Crippen molar-refractivity contribution in [2.45, 2.75) is 19.8 Å². The van der Waals surface area contributed by atoms with Crippen LogP contribution >= 0.6 is 0 Å². The van der Waals surface area contributed by atoms with Crippen LogP contribution in [0, 0.1) is 6.92 Å². The second-order valence-corrected chi connectivity index (χ2v) is 3.81. The van der Waals surface area contributed by atoms with Crippen molar-refractivity contribution in [1.82, 2.24) is 15.2 Å². The Hall–Kier alpha value is -2.17. The van der Waals surface area contributed by atoms with Gasteiger partial charge in [-0.1, -0.05) is 24.3 Å². The first-order valence-electron chi connectivity index (χ1n) is 5.36. The van der Waals surface area contributed by atoms with Crippen molar-refractivity contribution >= 4 is 5.97 Å². The number of hydrogen-bond donors (Lipinski definition) is 2. The maximum Gasteiger partial charge on any atom is 0.303 e. The maximum absolute atomic E-state index is 10.4. The number of nitrogens with zero attached hydrogens (tertiary/aromatic N) is 2. The number of H-pyrrole nitrogens is 1. The molecular weight excluding hydrogens is 218 g/mol. The van der Waals surface area contributed by atoms with Crippen molar-refractivity contribution in [2.75, 3.05) is 0 Å². The van der Waals surface area contributed by atoms with Crippen LogP contribution in [0.1, 0.15) is 17.8 Å². The SMILES string of the molecule is Cc1ccccc1-c1n[nH]c(CCC(=O)O)n1. The second kappa shape index (κ2) is 4.78. The third-order valence-corrected chi connectivity index (χ3v) is 2.49. The number of aromatic amines is 1. The number of aliphatic carboxylic acids is 1. The Bertz CT molecular complexity index is 534. The van der Waals surface area contributed by atoms with Crippen LogP contribution in [0.15, 0.2) is 24.3 Å². The van der Waals surface area contributed by atoms with E-state index in [1.807, 2.05) is 31.2 Å². The summed E-state index contributed by atoms with van der Waals surface area (Å²) in [7, 11) is 0. The minimum absolute atomic E-state index is 0.0579. The van der Waals surface area contributed by atoms with Gasteiger partial charge in [0, 0.05) is 12.0 Å². The minimum Gasteiger partial charge on any atom is -0.481 e. The van der Waals surface area contributed by atoms with Crippen LogP contribution in [0.5, 0.6) is 0 Å². The molecule has 2 N–H and O–H groups in total. The number of nitrogens with one attached hydrogen (secondary N) is 1. The lowest BCUT2D eigenvalue weighted by Crippen LogP contribution is -1.98. The topological polar surface area (TPSA) is 78.9 Å². The molecule has 1 heterocycles. The standard InChI is InChI=1S/C12H13N3O2/c1-8-4-2-3-5-9(8)12-13-10(14-15-12)6-7-11(16)17/h2-5H,6-7H2,1H3,(H,16,17)(H,13,14,15). The summed E-state index contributed by atoms with van der Waals surface area (Å²) in [4.78, 5) is 14.7. The van der Waals surface area contributed by atoms with Crippen LogP contribution in [0.25, 0.3) is 11.4 Å². The fourth-order valence-corrected chi connectivity index (χ4v) is 1.58. The number of aromatic nitrogens is 3. The van der Waals surface area contributed by atoms with E-state index in [9.17, 15) is 4.79 Å². The highest BCUT2D eigenvalue weighted by atomic mass is 16.4. The lowest BCUT2D eigenvalue weighted by molar-refractivity contribution is -0.137. The van der Waals surface area contributed by atoms with Crippen molar-refractivity contribution in [3.8, 4) is 11.4 Å². The molecule has 5 heteroatoms. The fourth-order valence-electron chi connectivity index (χ4n) is 1.58. The lowest BCUT2D eigenvalue weighted by Gasteiger charge is -1.98. The molecule has 0 aliphatic carbocycles. The number of benzene rings is 1. The van der Waals surface area contributed by atoms with E-state index in [4.69, 9.17) is 5.11 Å². The molecular formula is C12H13N3O2.